The van der Waals surface area contributed by atoms with Gasteiger partial charge in [0.1, 0.15) is 0 Å². The smallest absolute Gasteiger partial charge is 0.161 e. The molecule has 2 aliphatic rings. The highest BCUT2D eigenvalue weighted by Gasteiger charge is 2.32. The summed E-state index contributed by atoms with van der Waals surface area (Å²) in [5, 5.41) is 1.72. The minimum atomic E-state index is 0.459. The zero-order valence-corrected chi connectivity index (χ0v) is 39.2. The van der Waals surface area contributed by atoms with Crippen molar-refractivity contribution in [2.45, 2.75) is 0 Å². The minimum Gasteiger partial charge on any atom is -0.453 e. The van der Waals surface area contributed by atoms with Crippen LogP contribution in [0.25, 0.3) is 78.8 Å². The molecule has 0 N–H and O–H groups in total. The van der Waals surface area contributed by atoms with Crippen LogP contribution in [0, 0.1) is 0 Å². The molecule has 0 radical (unpaired) electrons. The van der Waals surface area contributed by atoms with Crippen molar-refractivity contribution < 1.29 is 9.47 Å². The molecule has 2 aliphatic heterocycles. The highest BCUT2D eigenvalue weighted by Crippen LogP contribution is 2.56. The van der Waals surface area contributed by atoms with Gasteiger partial charge in [-0.05, 0) is 139 Å². The maximum absolute atomic E-state index is 6.66. The molecule has 6 aromatic heterocycles. The molecule has 8 heterocycles. The van der Waals surface area contributed by atoms with Crippen LogP contribution in [0.15, 0.2) is 231 Å². The molecule has 6 aromatic carbocycles. The number of ether oxygens (including phenoxy) is 2. The van der Waals surface area contributed by atoms with Crippen LogP contribution in [-0.2, 0) is 0 Å². The molecule has 74 heavy (non-hydrogen) atoms. The fourth-order valence-corrected chi connectivity index (χ4v) is 9.76. The van der Waals surface area contributed by atoms with Crippen LogP contribution in [0.5, 0.6) is 23.0 Å². The van der Waals surface area contributed by atoms with Crippen LogP contribution in [0.2, 0.25) is 0 Å². The van der Waals surface area contributed by atoms with E-state index in [2.05, 4.69) is 68.3 Å². The number of aromatic nitrogens is 8. The summed E-state index contributed by atoms with van der Waals surface area (Å²) >= 11 is 0. The van der Waals surface area contributed by atoms with Crippen LogP contribution in [0.1, 0.15) is 0 Å². The molecule has 12 heteroatoms. The van der Waals surface area contributed by atoms with Gasteiger partial charge in [0.25, 0.3) is 0 Å². The monoisotopic (exact) mass is 954 g/mol. The molecule has 0 aliphatic carbocycles. The molecule has 0 saturated heterocycles. The third-order valence-corrected chi connectivity index (χ3v) is 13.1. The number of nitrogens with zero attached hydrogens (tertiary/aromatic N) is 10. The van der Waals surface area contributed by atoms with Crippen molar-refractivity contribution in [3.8, 4) is 91.1 Å². The first-order chi connectivity index (χ1) is 36.7. The van der Waals surface area contributed by atoms with Gasteiger partial charge < -0.3 is 19.3 Å². The number of fused-ring (bicyclic) bond motifs is 5. The molecule has 14 rings (SSSR count). The topological polar surface area (TPSA) is 128 Å². The van der Waals surface area contributed by atoms with E-state index in [0.717, 1.165) is 78.6 Å². The summed E-state index contributed by atoms with van der Waals surface area (Å²) in [6, 6.07) is 64.6. The zero-order valence-electron chi connectivity index (χ0n) is 39.2. The molecule has 0 atom stereocenters. The predicted molar refractivity (Wildman–Crippen MR) is 288 cm³/mol. The summed E-state index contributed by atoms with van der Waals surface area (Å²) in [6.45, 7) is 0. The summed E-state index contributed by atoms with van der Waals surface area (Å²) in [5.41, 5.74) is 12.4. The molecule has 0 saturated carbocycles. The largest absolute Gasteiger partial charge is 0.453 e. The summed E-state index contributed by atoms with van der Waals surface area (Å²) in [7, 11) is 0. The van der Waals surface area contributed by atoms with E-state index in [1.807, 2.05) is 158 Å². The maximum atomic E-state index is 6.66. The van der Waals surface area contributed by atoms with Gasteiger partial charge in [-0.15, -0.1) is 0 Å². The van der Waals surface area contributed by atoms with Crippen molar-refractivity contribution in [3.63, 3.8) is 0 Å². The molecule has 0 bridgehead atoms. The van der Waals surface area contributed by atoms with Crippen LogP contribution in [0.3, 0.4) is 0 Å². The van der Waals surface area contributed by atoms with Gasteiger partial charge in [0, 0.05) is 70.5 Å². The summed E-state index contributed by atoms with van der Waals surface area (Å²) in [6.07, 6.45) is 10.7. The van der Waals surface area contributed by atoms with Gasteiger partial charge >= 0.3 is 0 Å². The van der Waals surface area contributed by atoms with Crippen molar-refractivity contribution in [1.29, 1.82) is 0 Å². The van der Waals surface area contributed by atoms with Gasteiger partial charge in [-0.25, -0.2) is 19.9 Å². The van der Waals surface area contributed by atoms with E-state index in [1.54, 1.807) is 24.8 Å². The molecule has 0 amide bonds. The minimum absolute atomic E-state index is 0.459. The number of pyridine rings is 4. The van der Waals surface area contributed by atoms with Crippen LogP contribution in [0.4, 0.5) is 34.1 Å². The lowest BCUT2D eigenvalue weighted by atomic mass is 9.95. The Bertz CT molecular complexity index is 3900. The van der Waals surface area contributed by atoms with Gasteiger partial charge in [0.15, 0.2) is 34.6 Å². The Labute approximate surface area is 424 Å². The Balaban J connectivity index is 1.13. The molecule has 12 aromatic rings. The molecular weight excluding hydrogens is 917 g/mol. The number of benzene rings is 6. The van der Waals surface area contributed by atoms with E-state index < -0.39 is 0 Å². The predicted octanol–water partition coefficient (Wildman–Crippen LogP) is 15.2. The first kappa shape index (κ1) is 42.4. The third kappa shape index (κ3) is 7.49. The maximum Gasteiger partial charge on any atom is 0.161 e. The van der Waals surface area contributed by atoms with E-state index in [4.69, 9.17) is 39.4 Å². The highest BCUT2D eigenvalue weighted by molar-refractivity contribution is 6.11. The summed E-state index contributed by atoms with van der Waals surface area (Å²) < 4.78 is 13.2. The second-order valence-electron chi connectivity index (χ2n) is 17.7. The first-order valence-electron chi connectivity index (χ1n) is 24.0. The Morgan fingerprint density at radius 1 is 0.311 bits per heavy atom. The molecular formula is C62H38N10O2. The van der Waals surface area contributed by atoms with Crippen LogP contribution >= 0.6 is 0 Å². The molecule has 0 fully saturated rings. The van der Waals surface area contributed by atoms with Gasteiger partial charge in [-0.3, -0.25) is 19.9 Å². The van der Waals surface area contributed by atoms with E-state index in [1.165, 1.54) is 0 Å². The van der Waals surface area contributed by atoms with E-state index in [9.17, 15) is 0 Å². The Morgan fingerprint density at radius 3 is 1.28 bits per heavy atom. The van der Waals surface area contributed by atoms with Gasteiger partial charge in [-0.1, -0.05) is 60.7 Å². The summed E-state index contributed by atoms with van der Waals surface area (Å²) in [4.78, 5) is 44.6. The molecule has 348 valence electrons. The van der Waals surface area contributed by atoms with Crippen molar-refractivity contribution >= 4 is 44.9 Å². The quantitative estimate of drug-likeness (QED) is 0.144. The number of hydrogen-bond donors (Lipinski definition) is 0. The van der Waals surface area contributed by atoms with E-state index in [0.29, 0.717) is 57.3 Å². The zero-order chi connectivity index (χ0) is 49.0. The first-order valence-corrected chi connectivity index (χ1v) is 24.0. The Hall–Kier alpha value is -10.5. The lowest BCUT2D eigenvalue weighted by molar-refractivity contribution is 0.477. The fraction of sp³-hybridized carbons (Fsp3) is 0. The second-order valence-corrected chi connectivity index (χ2v) is 17.7. The lowest BCUT2D eigenvalue weighted by Gasteiger charge is -2.36. The average molecular weight is 955 g/mol. The van der Waals surface area contributed by atoms with Crippen molar-refractivity contribution in [2.24, 2.45) is 0 Å². The van der Waals surface area contributed by atoms with Crippen LogP contribution < -0.4 is 19.3 Å². The number of anilines is 6. The number of rotatable bonds is 8. The number of para-hydroxylation sites is 8. The number of hydrogen-bond acceptors (Lipinski definition) is 12. The summed E-state index contributed by atoms with van der Waals surface area (Å²) in [5.74, 6) is 3.81. The lowest BCUT2D eigenvalue weighted by Crippen LogP contribution is -2.18. The average Bonchev–Trinajstić information content (AvgIpc) is 3.48. The van der Waals surface area contributed by atoms with Crippen molar-refractivity contribution in [3.05, 3.63) is 231 Å². The Morgan fingerprint density at radius 2 is 0.784 bits per heavy atom. The van der Waals surface area contributed by atoms with Gasteiger partial charge in [-0.2, -0.15) is 0 Å². The van der Waals surface area contributed by atoms with Crippen LogP contribution in [-0.4, -0.2) is 39.9 Å². The molecule has 12 nitrogen and oxygen atoms in total. The fourth-order valence-electron chi connectivity index (χ4n) is 9.76. The Kier molecular flexibility index (Phi) is 10.2. The molecule has 0 unspecified atom stereocenters. The third-order valence-electron chi connectivity index (χ3n) is 13.1. The van der Waals surface area contributed by atoms with Crippen molar-refractivity contribution in [2.75, 3.05) is 9.80 Å². The second kappa shape index (κ2) is 17.7. The normalized spacial score (nSPS) is 12.2. The SMILES string of the molecule is c1ccc(-c2cc(-c3cccnc3)nc(-c3cc(-c4nc(-c5cccnc5)cc(-c5ccccn5)n4)c4cc(N5c6ccccc6Oc6ccccc65)cc(N5c6ccccc6Oc6ccccc65)c4c3)n2)nc1. The standard InChI is InChI=1S/C62H38N10O2/c1-5-23-57-52(19-1)71(53-20-2-6-24-58(53)73-57)42-33-43-44(56(34-42)72-54-21-3-7-25-59(54)74-60-26-8-4-22-55(60)72)31-41(61-67-48(39-15-13-27-63-37-39)35-50(69-61)46-17-9-11-29-65-46)32-45(43)62-68-49(40-16-14-28-64-38-40)36-51(70-62)47-18-10-12-30-66-47/h1-38H. The van der Waals surface area contributed by atoms with E-state index >= 15 is 0 Å². The highest BCUT2D eigenvalue weighted by atomic mass is 16.5. The van der Waals surface area contributed by atoms with Gasteiger partial charge in [0.05, 0.1) is 62.6 Å². The molecule has 0 spiro atoms. The van der Waals surface area contributed by atoms with Crippen molar-refractivity contribution in [1.82, 2.24) is 39.9 Å². The van der Waals surface area contributed by atoms with Gasteiger partial charge in [0.2, 0.25) is 0 Å². The van der Waals surface area contributed by atoms with E-state index in [-0.39, 0.29) is 0 Å².